The zero-order valence-corrected chi connectivity index (χ0v) is 18.9. The van der Waals surface area contributed by atoms with Crippen molar-refractivity contribution in [2.45, 2.75) is 6.92 Å². The van der Waals surface area contributed by atoms with Gasteiger partial charge in [0.15, 0.2) is 0 Å². The second-order valence-electron chi connectivity index (χ2n) is 8.51. The van der Waals surface area contributed by atoms with Gasteiger partial charge in [-0.1, -0.05) is 18.2 Å². The van der Waals surface area contributed by atoms with E-state index in [-0.39, 0.29) is 0 Å². The molecule has 32 heavy (non-hydrogen) atoms. The largest absolute Gasteiger partial charge is 0.368 e. The monoisotopic (exact) mass is 430 g/mol. The van der Waals surface area contributed by atoms with Crippen LogP contribution in [-0.2, 0) is 0 Å². The van der Waals surface area contributed by atoms with Crippen LogP contribution in [-0.4, -0.2) is 84.2 Å². The van der Waals surface area contributed by atoms with E-state index in [1.807, 2.05) is 25.4 Å². The minimum Gasteiger partial charge on any atom is -0.368 e. The number of likely N-dealkylation sites (N-methyl/N-ethyl adjacent to an activating group) is 1. The third-order valence-electron chi connectivity index (χ3n) is 6.36. The second-order valence-corrected chi connectivity index (χ2v) is 8.51. The first-order valence-electron chi connectivity index (χ1n) is 11.3. The molecule has 2 aliphatic heterocycles. The summed E-state index contributed by atoms with van der Waals surface area (Å²) in [7, 11) is 2.15. The molecule has 8 nitrogen and oxygen atoms in total. The van der Waals surface area contributed by atoms with E-state index in [1.54, 1.807) is 0 Å². The van der Waals surface area contributed by atoms with Crippen LogP contribution in [0, 0.1) is 6.92 Å². The second kappa shape index (κ2) is 9.08. The molecule has 1 aromatic carbocycles. The molecule has 5 rings (SSSR count). The third kappa shape index (κ3) is 4.36. The van der Waals surface area contributed by atoms with Crippen LogP contribution in [0.25, 0.3) is 11.3 Å². The van der Waals surface area contributed by atoms with Crippen molar-refractivity contribution in [3.05, 3.63) is 54.5 Å². The number of hydrogen-bond donors (Lipinski definition) is 0. The lowest BCUT2D eigenvalue weighted by Gasteiger charge is -2.36. The fraction of sp³-hybridized carbons (Fsp3) is 0.417. The van der Waals surface area contributed by atoms with Crippen LogP contribution in [0.5, 0.6) is 0 Å². The summed E-state index contributed by atoms with van der Waals surface area (Å²) in [6.45, 7) is 9.75. The van der Waals surface area contributed by atoms with Gasteiger partial charge in [0, 0.05) is 76.0 Å². The molecule has 0 radical (unpaired) electrons. The minimum atomic E-state index is 0.788. The SMILES string of the molecule is Cc1nc(N2CCN(c3ccccc3)CC2)ncc1-c1ccnc(N2CCN(C)CC2)n1. The number of anilines is 3. The van der Waals surface area contributed by atoms with E-state index in [0.717, 1.165) is 81.2 Å². The van der Waals surface area contributed by atoms with Gasteiger partial charge >= 0.3 is 0 Å². The fourth-order valence-electron chi connectivity index (χ4n) is 4.32. The molecular weight excluding hydrogens is 400 g/mol. The summed E-state index contributed by atoms with van der Waals surface area (Å²) in [5.74, 6) is 1.59. The predicted octanol–water partition coefficient (Wildman–Crippen LogP) is 2.32. The molecule has 0 bridgehead atoms. The van der Waals surface area contributed by atoms with Crippen molar-refractivity contribution in [3.63, 3.8) is 0 Å². The molecule has 0 aliphatic carbocycles. The third-order valence-corrected chi connectivity index (χ3v) is 6.36. The van der Waals surface area contributed by atoms with E-state index >= 15 is 0 Å². The van der Waals surface area contributed by atoms with Crippen LogP contribution < -0.4 is 14.7 Å². The average molecular weight is 431 g/mol. The molecule has 166 valence electrons. The number of nitrogens with zero attached hydrogens (tertiary/aromatic N) is 8. The van der Waals surface area contributed by atoms with Crippen LogP contribution >= 0.6 is 0 Å². The van der Waals surface area contributed by atoms with Crippen LogP contribution in [0.3, 0.4) is 0 Å². The van der Waals surface area contributed by atoms with E-state index in [9.17, 15) is 0 Å². The number of piperazine rings is 2. The van der Waals surface area contributed by atoms with Gasteiger partial charge in [0.05, 0.1) is 11.4 Å². The molecule has 4 heterocycles. The Balaban J connectivity index is 1.28. The van der Waals surface area contributed by atoms with Crippen molar-refractivity contribution in [1.82, 2.24) is 24.8 Å². The Labute approximate surface area is 189 Å². The molecule has 0 amide bonds. The molecule has 3 aromatic rings. The highest BCUT2D eigenvalue weighted by Gasteiger charge is 2.21. The molecule has 0 atom stereocenters. The Bertz CT molecular complexity index is 1040. The highest BCUT2D eigenvalue weighted by molar-refractivity contribution is 5.62. The Kier molecular flexibility index (Phi) is 5.85. The van der Waals surface area contributed by atoms with E-state index in [0.29, 0.717) is 0 Å². The Morgan fingerprint density at radius 3 is 2.00 bits per heavy atom. The van der Waals surface area contributed by atoms with Crippen molar-refractivity contribution < 1.29 is 0 Å². The van der Waals surface area contributed by atoms with E-state index in [4.69, 9.17) is 15.0 Å². The molecule has 0 saturated carbocycles. The van der Waals surface area contributed by atoms with Crippen LogP contribution in [0.1, 0.15) is 5.69 Å². The molecule has 2 fully saturated rings. The summed E-state index contributed by atoms with van der Waals surface area (Å²) in [5.41, 5.74) is 4.07. The van der Waals surface area contributed by atoms with E-state index in [2.05, 4.69) is 62.0 Å². The number of aromatic nitrogens is 4. The maximum atomic E-state index is 4.84. The molecule has 2 saturated heterocycles. The van der Waals surface area contributed by atoms with Crippen LogP contribution in [0.4, 0.5) is 17.6 Å². The molecule has 2 aliphatic rings. The van der Waals surface area contributed by atoms with Gasteiger partial charge < -0.3 is 19.6 Å². The van der Waals surface area contributed by atoms with Gasteiger partial charge in [0.25, 0.3) is 0 Å². The van der Waals surface area contributed by atoms with Gasteiger partial charge in [-0.25, -0.2) is 19.9 Å². The lowest BCUT2D eigenvalue weighted by molar-refractivity contribution is 0.311. The summed E-state index contributed by atoms with van der Waals surface area (Å²) in [5, 5.41) is 0. The molecule has 2 aromatic heterocycles. The van der Waals surface area contributed by atoms with Gasteiger partial charge in [0.1, 0.15) is 0 Å². The molecule has 8 heteroatoms. The number of aryl methyl sites for hydroxylation is 1. The highest BCUT2D eigenvalue weighted by atomic mass is 15.3. The predicted molar refractivity (Wildman–Crippen MR) is 128 cm³/mol. The zero-order chi connectivity index (χ0) is 21.9. The summed E-state index contributed by atoms with van der Waals surface area (Å²) in [6.07, 6.45) is 3.75. The first-order chi connectivity index (χ1) is 15.7. The number of para-hydroxylation sites is 1. The van der Waals surface area contributed by atoms with E-state index < -0.39 is 0 Å². The van der Waals surface area contributed by atoms with E-state index in [1.165, 1.54) is 5.69 Å². The van der Waals surface area contributed by atoms with Gasteiger partial charge in [-0.15, -0.1) is 0 Å². The lowest BCUT2D eigenvalue weighted by Crippen LogP contribution is -2.47. The number of rotatable bonds is 4. The summed E-state index contributed by atoms with van der Waals surface area (Å²) in [4.78, 5) is 28.2. The fourth-order valence-corrected chi connectivity index (χ4v) is 4.32. The normalized spacial score (nSPS) is 17.6. The average Bonchev–Trinajstić information content (AvgIpc) is 2.85. The maximum Gasteiger partial charge on any atom is 0.225 e. The van der Waals surface area contributed by atoms with Crippen molar-refractivity contribution in [2.24, 2.45) is 0 Å². The Morgan fingerprint density at radius 2 is 1.31 bits per heavy atom. The Morgan fingerprint density at radius 1 is 0.688 bits per heavy atom. The first-order valence-corrected chi connectivity index (χ1v) is 11.3. The van der Waals surface area contributed by atoms with Gasteiger partial charge in [-0.3, -0.25) is 0 Å². The zero-order valence-electron chi connectivity index (χ0n) is 18.9. The minimum absolute atomic E-state index is 0.788. The topological polar surface area (TPSA) is 64.5 Å². The van der Waals surface area contributed by atoms with Gasteiger partial charge in [-0.2, -0.15) is 0 Å². The Hall–Kier alpha value is -3.26. The smallest absolute Gasteiger partial charge is 0.225 e. The van der Waals surface area contributed by atoms with Crippen LogP contribution in [0.2, 0.25) is 0 Å². The summed E-state index contributed by atoms with van der Waals surface area (Å²) >= 11 is 0. The molecular formula is C24H30N8. The van der Waals surface area contributed by atoms with Gasteiger partial charge in [-0.05, 0) is 32.2 Å². The first kappa shape index (κ1) is 20.6. The van der Waals surface area contributed by atoms with Crippen LogP contribution in [0.15, 0.2) is 48.8 Å². The standard InChI is InChI=1S/C24H30N8/c1-19-21(22-8-9-25-23(28-22)31-12-10-29(2)11-13-31)18-26-24(27-19)32-16-14-30(15-17-32)20-6-4-3-5-7-20/h3-9,18H,10-17H2,1-2H3. The van der Waals surface area contributed by atoms with Crippen molar-refractivity contribution in [2.75, 3.05) is 74.1 Å². The summed E-state index contributed by atoms with van der Waals surface area (Å²) < 4.78 is 0. The molecule has 0 unspecified atom stereocenters. The maximum absolute atomic E-state index is 4.84. The van der Waals surface area contributed by atoms with Crippen molar-refractivity contribution >= 4 is 17.6 Å². The van der Waals surface area contributed by atoms with Gasteiger partial charge in [0.2, 0.25) is 11.9 Å². The quantitative estimate of drug-likeness (QED) is 0.625. The van der Waals surface area contributed by atoms with Crippen molar-refractivity contribution in [3.8, 4) is 11.3 Å². The number of hydrogen-bond acceptors (Lipinski definition) is 8. The lowest BCUT2D eigenvalue weighted by atomic mass is 10.1. The number of benzene rings is 1. The van der Waals surface area contributed by atoms with Crippen molar-refractivity contribution in [1.29, 1.82) is 0 Å². The molecule has 0 N–H and O–H groups in total. The summed E-state index contributed by atoms with van der Waals surface area (Å²) in [6, 6.07) is 12.5. The molecule has 0 spiro atoms. The highest BCUT2D eigenvalue weighted by Crippen LogP contribution is 2.24.